The number of rotatable bonds is 3. The van der Waals surface area contributed by atoms with E-state index in [1.165, 1.54) is 0 Å². The van der Waals surface area contributed by atoms with E-state index in [-0.39, 0.29) is 0 Å². The fourth-order valence-corrected chi connectivity index (χ4v) is 2.00. The Balaban J connectivity index is 2.55. The van der Waals surface area contributed by atoms with Crippen LogP contribution in [-0.2, 0) is 0 Å². The van der Waals surface area contributed by atoms with Gasteiger partial charge in [0.25, 0.3) is 0 Å². The summed E-state index contributed by atoms with van der Waals surface area (Å²) in [5, 5.41) is 0. The summed E-state index contributed by atoms with van der Waals surface area (Å²) in [6, 6.07) is 13.1. The maximum Gasteiger partial charge on any atom is 0.249 e. The summed E-state index contributed by atoms with van der Waals surface area (Å²) in [5.41, 5.74) is 8.74. The van der Waals surface area contributed by atoms with Gasteiger partial charge < -0.3 is 10.5 Å². The van der Waals surface area contributed by atoms with E-state index < -0.39 is 5.91 Å². The second-order valence-electron chi connectivity index (χ2n) is 4.09. The quantitative estimate of drug-likeness (QED) is 0.898. The minimum Gasteiger partial charge on any atom is -0.496 e. The van der Waals surface area contributed by atoms with Crippen molar-refractivity contribution in [2.45, 2.75) is 6.92 Å². The van der Waals surface area contributed by atoms with Crippen molar-refractivity contribution < 1.29 is 9.53 Å². The van der Waals surface area contributed by atoms with Crippen molar-refractivity contribution in [3.05, 3.63) is 53.6 Å². The topological polar surface area (TPSA) is 52.3 Å². The summed E-state index contributed by atoms with van der Waals surface area (Å²) in [7, 11) is 1.64. The molecule has 1 amide bonds. The van der Waals surface area contributed by atoms with Crippen molar-refractivity contribution in [3.63, 3.8) is 0 Å². The van der Waals surface area contributed by atoms with Crippen molar-refractivity contribution in [2.24, 2.45) is 5.73 Å². The van der Waals surface area contributed by atoms with Crippen LogP contribution in [0.25, 0.3) is 11.1 Å². The molecule has 2 N–H and O–H groups in total. The number of nitrogens with two attached hydrogens (primary N) is 1. The standard InChI is InChI=1S/C15H15NO2/c1-10-9-11(7-8-14(10)18-2)12-5-3-4-6-13(12)15(16)17/h3-9H,1-2H3,(H2,16,17). The monoisotopic (exact) mass is 241 g/mol. The first-order chi connectivity index (χ1) is 8.63. The molecule has 0 saturated carbocycles. The van der Waals surface area contributed by atoms with Crippen molar-refractivity contribution in [3.8, 4) is 16.9 Å². The summed E-state index contributed by atoms with van der Waals surface area (Å²) < 4.78 is 5.22. The molecule has 3 heteroatoms. The van der Waals surface area contributed by atoms with Gasteiger partial charge in [0, 0.05) is 5.56 Å². The van der Waals surface area contributed by atoms with Gasteiger partial charge >= 0.3 is 0 Å². The number of carbonyl (C=O) groups is 1. The third-order valence-corrected chi connectivity index (χ3v) is 2.90. The molecule has 2 rings (SSSR count). The van der Waals surface area contributed by atoms with Crippen LogP contribution in [0, 0.1) is 6.92 Å². The molecule has 0 bridgehead atoms. The lowest BCUT2D eigenvalue weighted by molar-refractivity contribution is 0.100. The molecule has 0 aliphatic rings. The van der Waals surface area contributed by atoms with Gasteiger partial charge in [-0.15, -0.1) is 0 Å². The van der Waals surface area contributed by atoms with Crippen LogP contribution >= 0.6 is 0 Å². The highest BCUT2D eigenvalue weighted by atomic mass is 16.5. The Morgan fingerprint density at radius 2 is 1.89 bits per heavy atom. The molecule has 0 saturated heterocycles. The Kier molecular flexibility index (Phi) is 3.33. The Labute approximate surface area is 106 Å². The summed E-state index contributed by atoms with van der Waals surface area (Å²) in [4.78, 5) is 11.4. The van der Waals surface area contributed by atoms with Crippen LogP contribution in [0.3, 0.4) is 0 Å². The van der Waals surface area contributed by atoms with Gasteiger partial charge in [0.1, 0.15) is 5.75 Å². The lowest BCUT2D eigenvalue weighted by Crippen LogP contribution is -2.12. The van der Waals surface area contributed by atoms with Gasteiger partial charge in [0.15, 0.2) is 0 Å². The van der Waals surface area contributed by atoms with E-state index in [2.05, 4.69) is 0 Å². The van der Waals surface area contributed by atoms with Crippen LogP contribution in [0.4, 0.5) is 0 Å². The summed E-state index contributed by atoms with van der Waals surface area (Å²) >= 11 is 0. The number of benzene rings is 2. The molecule has 0 fully saturated rings. The van der Waals surface area contributed by atoms with Crippen LogP contribution in [0.2, 0.25) is 0 Å². The average molecular weight is 241 g/mol. The van der Waals surface area contributed by atoms with E-state index in [9.17, 15) is 4.79 Å². The summed E-state index contributed by atoms with van der Waals surface area (Å²) in [6.07, 6.45) is 0. The number of hydrogen-bond acceptors (Lipinski definition) is 2. The molecule has 0 spiro atoms. The third-order valence-electron chi connectivity index (χ3n) is 2.90. The lowest BCUT2D eigenvalue weighted by Gasteiger charge is -2.10. The molecule has 3 nitrogen and oxygen atoms in total. The highest BCUT2D eigenvalue weighted by molar-refractivity contribution is 5.99. The number of aryl methyl sites for hydroxylation is 1. The van der Waals surface area contributed by atoms with Crippen LogP contribution in [0.5, 0.6) is 5.75 Å². The van der Waals surface area contributed by atoms with Crippen LogP contribution < -0.4 is 10.5 Å². The molecule has 0 radical (unpaired) electrons. The molecule has 0 aliphatic heterocycles. The normalized spacial score (nSPS) is 10.1. The fourth-order valence-electron chi connectivity index (χ4n) is 2.00. The van der Waals surface area contributed by atoms with Gasteiger partial charge in [0.2, 0.25) is 5.91 Å². The van der Waals surface area contributed by atoms with Gasteiger partial charge in [-0.2, -0.15) is 0 Å². The second-order valence-corrected chi connectivity index (χ2v) is 4.09. The second kappa shape index (κ2) is 4.92. The maximum atomic E-state index is 11.4. The predicted octanol–water partition coefficient (Wildman–Crippen LogP) is 2.77. The van der Waals surface area contributed by atoms with Gasteiger partial charge in [-0.05, 0) is 41.8 Å². The minimum absolute atomic E-state index is 0.418. The molecule has 92 valence electrons. The zero-order valence-electron chi connectivity index (χ0n) is 10.4. The molecule has 0 heterocycles. The summed E-state index contributed by atoms with van der Waals surface area (Å²) in [6.45, 7) is 1.97. The van der Waals surface area contributed by atoms with Crippen molar-refractivity contribution in [1.82, 2.24) is 0 Å². The lowest BCUT2D eigenvalue weighted by atomic mass is 9.98. The average Bonchev–Trinajstić information content (AvgIpc) is 2.38. The van der Waals surface area contributed by atoms with Crippen LogP contribution in [0.1, 0.15) is 15.9 Å². The number of ether oxygens (including phenoxy) is 1. The fraction of sp³-hybridized carbons (Fsp3) is 0.133. The highest BCUT2D eigenvalue weighted by Gasteiger charge is 2.10. The van der Waals surface area contributed by atoms with E-state index in [0.29, 0.717) is 5.56 Å². The smallest absolute Gasteiger partial charge is 0.249 e. The van der Waals surface area contributed by atoms with Gasteiger partial charge in [-0.3, -0.25) is 4.79 Å². The maximum absolute atomic E-state index is 11.4. The summed E-state index contributed by atoms with van der Waals surface area (Å²) in [5.74, 6) is 0.411. The zero-order valence-corrected chi connectivity index (χ0v) is 10.4. The van der Waals surface area contributed by atoms with E-state index in [4.69, 9.17) is 10.5 Å². The largest absolute Gasteiger partial charge is 0.496 e. The minimum atomic E-state index is -0.418. The molecule has 0 unspecified atom stereocenters. The first-order valence-electron chi connectivity index (χ1n) is 5.67. The number of amides is 1. The van der Waals surface area contributed by atoms with E-state index in [1.807, 2.05) is 37.3 Å². The predicted molar refractivity (Wildman–Crippen MR) is 71.7 cm³/mol. The van der Waals surface area contributed by atoms with E-state index in [1.54, 1.807) is 19.2 Å². The molecule has 18 heavy (non-hydrogen) atoms. The molecular weight excluding hydrogens is 226 g/mol. The molecule has 2 aromatic carbocycles. The molecule has 0 atom stereocenters. The van der Waals surface area contributed by atoms with Crippen molar-refractivity contribution in [1.29, 1.82) is 0 Å². The SMILES string of the molecule is COc1ccc(-c2ccccc2C(N)=O)cc1C. The zero-order chi connectivity index (χ0) is 13.1. The molecule has 0 aliphatic carbocycles. The van der Waals surface area contributed by atoms with Gasteiger partial charge in [-0.1, -0.05) is 24.3 Å². The van der Waals surface area contributed by atoms with E-state index in [0.717, 1.165) is 22.4 Å². The Morgan fingerprint density at radius 1 is 1.17 bits per heavy atom. The first kappa shape index (κ1) is 12.2. The number of carbonyl (C=O) groups excluding carboxylic acids is 1. The Bertz CT molecular complexity index is 591. The highest BCUT2D eigenvalue weighted by Crippen LogP contribution is 2.28. The van der Waals surface area contributed by atoms with E-state index >= 15 is 0 Å². The van der Waals surface area contributed by atoms with Crippen molar-refractivity contribution >= 4 is 5.91 Å². The molecular formula is C15H15NO2. The molecule has 2 aromatic rings. The number of primary amides is 1. The van der Waals surface area contributed by atoms with Crippen LogP contribution in [-0.4, -0.2) is 13.0 Å². The van der Waals surface area contributed by atoms with Gasteiger partial charge in [0.05, 0.1) is 7.11 Å². The Morgan fingerprint density at radius 3 is 2.50 bits per heavy atom. The number of methoxy groups -OCH3 is 1. The number of hydrogen-bond donors (Lipinski definition) is 1. The third kappa shape index (κ3) is 2.20. The van der Waals surface area contributed by atoms with Crippen molar-refractivity contribution in [2.75, 3.05) is 7.11 Å². The van der Waals surface area contributed by atoms with Crippen LogP contribution in [0.15, 0.2) is 42.5 Å². The van der Waals surface area contributed by atoms with Gasteiger partial charge in [-0.25, -0.2) is 0 Å². The molecule has 0 aromatic heterocycles. The Hall–Kier alpha value is -2.29. The first-order valence-corrected chi connectivity index (χ1v) is 5.67.